The third-order valence-corrected chi connectivity index (χ3v) is 9.91. The van der Waals surface area contributed by atoms with Crippen molar-refractivity contribution in [2.24, 2.45) is 5.92 Å². The number of hydrogen-bond acceptors (Lipinski definition) is 4. The molecule has 1 fully saturated rings. The van der Waals surface area contributed by atoms with Crippen LogP contribution in [-0.4, -0.2) is 44.6 Å². The quantitative estimate of drug-likeness (QED) is 0.209. The monoisotopic (exact) mass is 601 g/mol. The summed E-state index contributed by atoms with van der Waals surface area (Å²) in [5, 5.41) is 11.5. The number of carbonyl (C=O) groups excluding carboxylic acids is 1. The van der Waals surface area contributed by atoms with Gasteiger partial charge in [-0.15, -0.1) is 0 Å². The van der Waals surface area contributed by atoms with Gasteiger partial charge >= 0.3 is 5.97 Å². The highest BCUT2D eigenvalue weighted by molar-refractivity contribution is 6.08. The molecule has 7 nitrogen and oxygen atoms in total. The van der Waals surface area contributed by atoms with Crippen LogP contribution in [0.5, 0.6) is 0 Å². The molecule has 5 aromatic rings. The number of nitrogens with zero attached hydrogens (tertiary/aromatic N) is 3. The number of benzene rings is 3. The second-order valence-electron chi connectivity index (χ2n) is 12.6. The number of carboxylic acids is 1. The van der Waals surface area contributed by atoms with E-state index in [9.17, 15) is 14.7 Å². The molecule has 1 saturated heterocycles. The van der Waals surface area contributed by atoms with Gasteiger partial charge in [-0.2, -0.15) is 0 Å². The van der Waals surface area contributed by atoms with Crippen molar-refractivity contribution in [1.29, 1.82) is 0 Å². The minimum atomic E-state index is -0.800. The normalized spacial score (nSPS) is 15.9. The Kier molecular flexibility index (Phi) is 7.88. The Hall–Kier alpha value is -4.49. The average Bonchev–Trinajstić information content (AvgIpc) is 3.62. The second-order valence-corrected chi connectivity index (χ2v) is 12.6. The lowest BCUT2D eigenvalue weighted by atomic mass is 9.80. The van der Waals surface area contributed by atoms with E-state index in [0.717, 1.165) is 62.7 Å². The molecule has 2 aliphatic heterocycles. The first kappa shape index (κ1) is 29.2. The third-order valence-electron chi connectivity index (χ3n) is 9.91. The Morgan fingerprint density at radius 2 is 1.60 bits per heavy atom. The average molecular weight is 602 g/mol. The Bertz CT molecular complexity index is 1880. The molecule has 0 aliphatic carbocycles. The topological polar surface area (TPSA) is 84.7 Å². The lowest BCUT2D eigenvalue weighted by molar-refractivity contribution is -0.137. The van der Waals surface area contributed by atoms with Gasteiger partial charge in [-0.25, -0.2) is 4.98 Å². The summed E-state index contributed by atoms with van der Waals surface area (Å²) in [4.78, 5) is 32.6. The minimum absolute atomic E-state index is 0.0852. The summed E-state index contributed by atoms with van der Waals surface area (Å²) in [6.07, 6.45) is 2.33. The highest BCUT2D eigenvalue weighted by atomic mass is 16.5. The van der Waals surface area contributed by atoms with Crippen LogP contribution in [0.3, 0.4) is 0 Å². The van der Waals surface area contributed by atoms with Crippen molar-refractivity contribution in [3.05, 3.63) is 112 Å². The van der Waals surface area contributed by atoms with Crippen molar-refractivity contribution in [1.82, 2.24) is 14.5 Å². The predicted molar refractivity (Wildman–Crippen MR) is 175 cm³/mol. The number of aromatic nitrogens is 2. The Labute approximate surface area is 263 Å². The highest BCUT2D eigenvalue weighted by Gasteiger charge is 2.36. The summed E-state index contributed by atoms with van der Waals surface area (Å²) in [5.74, 6) is -0.529. The van der Waals surface area contributed by atoms with Crippen LogP contribution in [0.25, 0.3) is 21.9 Å². The van der Waals surface area contributed by atoms with E-state index in [4.69, 9.17) is 9.72 Å². The molecule has 7 heteroatoms. The van der Waals surface area contributed by atoms with Crippen LogP contribution in [0.4, 0.5) is 0 Å². The van der Waals surface area contributed by atoms with E-state index in [1.807, 2.05) is 17.9 Å². The van der Waals surface area contributed by atoms with Crippen molar-refractivity contribution >= 4 is 33.8 Å². The van der Waals surface area contributed by atoms with Gasteiger partial charge < -0.3 is 19.3 Å². The summed E-state index contributed by atoms with van der Waals surface area (Å²) < 4.78 is 7.95. The molecule has 4 heterocycles. The third kappa shape index (κ3) is 5.50. The van der Waals surface area contributed by atoms with Crippen LogP contribution < -0.4 is 0 Å². The zero-order valence-electron chi connectivity index (χ0n) is 26.0. The van der Waals surface area contributed by atoms with Gasteiger partial charge in [-0.1, -0.05) is 66.7 Å². The van der Waals surface area contributed by atoms with Crippen molar-refractivity contribution in [3.63, 3.8) is 0 Å². The predicted octanol–water partition coefficient (Wildman–Crippen LogP) is 6.92. The summed E-state index contributed by atoms with van der Waals surface area (Å²) in [5.41, 5.74) is 9.71. The zero-order chi connectivity index (χ0) is 31.1. The zero-order valence-corrected chi connectivity index (χ0v) is 26.0. The fraction of sp³-hybridized carbons (Fsp3) is 0.342. The molecule has 0 bridgehead atoms. The highest BCUT2D eigenvalue weighted by Crippen LogP contribution is 2.37. The molecule has 230 valence electrons. The number of carboxylic acid groups (broad SMARTS) is 1. The number of ether oxygens (including phenoxy) is 1. The van der Waals surface area contributed by atoms with E-state index in [1.165, 1.54) is 11.1 Å². The van der Waals surface area contributed by atoms with Gasteiger partial charge in [0, 0.05) is 55.7 Å². The molecular formula is C38H39N3O4. The van der Waals surface area contributed by atoms with Crippen molar-refractivity contribution in [3.8, 4) is 0 Å². The van der Waals surface area contributed by atoms with Crippen molar-refractivity contribution < 1.29 is 19.4 Å². The minimum Gasteiger partial charge on any atom is -0.481 e. The number of rotatable bonds is 8. The largest absolute Gasteiger partial charge is 0.481 e. The molecule has 1 amide bonds. The lowest BCUT2D eigenvalue weighted by Crippen LogP contribution is -2.36. The summed E-state index contributed by atoms with van der Waals surface area (Å²) in [6.45, 7) is 7.45. The van der Waals surface area contributed by atoms with E-state index in [-0.39, 0.29) is 24.2 Å². The number of amides is 1. The number of pyridine rings is 1. The van der Waals surface area contributed by atoms with Gasteiger partial charge in [0.25, 0.3) is 0 Å². The van der Waals surface area contributed by atoms with Crippen molar-refractivity contribution in [2.45, 2.75) is 65.1 Å². The molecule has 3 aromatic carbocycles. The van der Waals surface area contributed by atoms with Crippen LogP contribution in [0.15, 0.2) is 72.8 Å². The Morgan fingerprint density at radius 1 is 0.933 bits per heavy atom. The van der Waals surface area contributed by atoms with Crippen molar-refractivity contribution in [2.75, 3.05) is 13.2 Å². The Balaban J connectivity index is 1.21. The van der Waals surface area contributed by atoms with E-state index in [0.29, 0.717) is 39.3 Å². The van der Waals surface area contributed by atoms with E-state index in [1.54, 1.807) is 0 Å². The van der Waals surface area contributed by atoms with Crippen LogP contribution in [0, 0.1) is 19.8 Å². The standard InChI is InChI=1S/C38H39N3O4/c1-24-31(15-16-34(42)43)25(2)39-37-35(24)32-9-5-6-10-33(32)41(37)21-26-11-13-27(14-12-26)36(28-17-19-45-20-18-28)38(44)40-22-29-7-3-4-8-30(29)23-40/h3-14,28,36H,15-23H2,1-2H3,(H,42,43). The van der Waals surface area contributed by atoms with E-state index < -0.39 is 5.97 Å². The van der Waals surface area contributed by atoms with Crippen LogP contribution in [-0.2, 0) is 40.4 Å². The summed E-state index contributed by atoms with van der Waals surface area (Å²) >= 11 is 0. The SMILES string of the molecule is Cc1nc2c(c(C)c1CCC(=O)O)c1ccccc1n2Cc1ccc(C(C(=O)N2Cc3ccccc3C2)C2CCOCC2)cc1. The number of hydrogen-bond donors (Lipinski definition) is 1. The molecule has 1 N–H and O–H groups in total. The van der Waals surface area contributed by atoms with Gasteiger partial charge in [-0.05, 0) is 78.5 Å². The maximum atomic E-state index is 14.2. The van der Waals surface area contributed by atoms with Gasteiger partial charge in [0.2, 0.25) is 5.91 Å². The molecule has 0 radical (unpaired) electrons. The second kappa shape index (κ2) is 12.1. The van der Waals surface area contributed by atoms with E-state index in [2.05, 4.69) is 78.2 Å². The fourth-order valence-electron chi connectivity index (χ4n) is 7.55. The first-order chi connectivity index (χ1) is 21.9. The van der Waals surface area contributed by atoms with Crippen LogP contribution >= 0.6 is 0 Å². The number of carbonyl (C=O) groups is 2. The fourth-order valence-corrected chi connectivity index (χ4v) is 7.55. The molecule has 0 spiro atoms. The Morgan fingerprint density at radius 3 is 2.29 bits per heavy atom. The van der Waals surface area contributed by atoms with Crippen LogP contribution in [0.1, 0.15) is 64.3 Å². The summed E-state index contributed by atoms with van der Waals surface area (Å²) in [6, 6.07) is 25.3. The van der Waals surface area contributed by atoms with Crippen LogP contribution in [0.2, 0.25) is 0 Å². The first-order valence-electron chi connectivity index (χ1n) is 16.0. The first-order valence-corrected chi connectivity index (χ1v) is 16.0. The number of fused-ring (bicyclic) bond motifs is 4. The van der Waals surface area contributed by atoms with Gasteiger partial charge in [0.1, 0.15) is 5.65 Å². The lowest BCUT2D eigenvalue weighted by Gasteiger charge is -2.32. The van der Waals surface area contributed by atoms with Gasteiger partial charge in [0.05, 0.1) is 11.4 Å². The molecule has 2 aromatic heterocycles. The van der Waals surface area contributed by atoms with Gasteiger partial charge in [-0.3, -0.25) is 9.59 Å². The maximum absolute atomic E-state index is 14.2. The maximum Gasteiger partial charge on any atom is 0.303 e. The molecule has 7 rings (SSSR count). The molecule has 2 aliphatic rings. The molecule has 1 unspecified atom stereocenters. The smallest absolute Gasteiger partial charge is 0.303 e. The number of aliphatic carboxylic acids is 1. The molecule has 45 heavy (non-hydrogen) atoms. The van der Waals surface area contributed by atoms with E-state index >= 15 is 0 Å². The summed E-state index contributed by atoms with van der Waals surface area (Å²) in [7, 11) is 0. The molecule has 1 atom stereocenters. The van der Waals surface area contributed by atoms with Gasteiger partial charge in [0.15, 0.2) is 0 Å². The molecular weight excluding hydrogens is 562 g/mol. The molecule has 0 saturated carbocycles. The number of aryl methyl sites for hydroxylation is 2. The number of para-hydroxylation sites is 1.